The first-order chi connectivity index (χ1) is 20.6. The van der Waals surface area contributed by atoms with E-state index in [4.69, 9.17) is 16.3 Å². The molecule has 11 heteroatoms. The number of halogens is 2. The molecule has 0 radical (unpaired) electrons. The van der Waals surface area contributed by atoms with Crippen LogP contribution in [-0.4, -0.2) is 50.4 Å². The smallest absolute Gasteiger partial charge is 0.264 e. The zero-order valence-corrected chi connectivity index (χ0v) is 25.9. The molecule has 1 N–H and O–H groups in total. The van der Waals surface area contributed by atoms with Crippen molar-refractivity contribution in [3.05, 3.63) is 89.2 Å². The quantitative estimate of drug-likeness (QED) is 0.268. The molecule has 8 nitrogen and oxygen atoms in total. The van der Waals surface area contributed by atoms with Crippen LogP contribution in [0.3, 0.4) is 0 Å². The number of sulfonamides is 1. The van der Waals surface area contributed by atoms with Crippen LogP contribution in [0.5, 0.6) is 5.75 Å². The summed E-state index contributed by atoms with van der Waals surface area (Å²) in [6.45, 7) is 2.71. The third-order valence-electron chi connectivity index (χ3n) is 7.53. The molecule has 1 saturated carbocycles. The first-order valence-corrected chi connectivity index (χ1v) is 16.3. The van der Waals surface area contributed by atoms with Crippen LogP contribution < -0.4 is 14.4 Å². The second-order valence-corrected chi connectivity index (χ2v) is 12.8. The fraction of sp³-hybridized carbons (Fsp3) is 0.375. The lowest BCUT2D eigenvalue weighted by Gasteiger charge is -2.33. The van der Waals surface area contributed by atoms with E-state index in [1.807, 2.05) is 0 Å². The number of hydrogen-bond acceptors (Lipinski definition) is 5. The Morgan fingerprint density at radius 1 is 1.00 bits per heavy atom. The van der Waals surface area contributed by atoms with Crippen LogP contribution in [0.2, 0.25) is 5.02 Å². The number of nitrogens with zero attached hydrogens (tertiary/aromatic N) is 2. The van der Waals surface area contributed by atoms with E-state index in [1.165, 1.54) is 47.4 Å². The maximum Gasteiger partial charge on any atom is 0.264 e. The SMILES string of the molecule is CCOc1ccccc1N(CC(=O)N(Cc1ccccc1F)[C@H](C)C(=O)NC1CCCCC1)S(=O)(=O)c1ccc(Cl)cc1. The molecule has 1 aliphatic carbocycles. The van der Waals surface area contributed by atoms with Gasteiger partial charge in [-0.25, -0.2) is 12.8 Å². The summed E-state index contributed by atoms with van der Waals surface area (Å²) in [7, 11) is -4.32. The lowest BCUT2D eigenvalue weighted by atomic mass is 9.95. The summed E-state index contributed by atoms with van der Waals surface area (Å²) < 4.78 is 49.6. The molecule has 1 fully saturated rings. The molecular formula is C32H37ClFN3O5S. The number of hydrogen-bond donors (Lipinski definition) is 1. The van der Waals surface area contributed by atoms with Gasteiger partial charge in [-0.05, 0) is 69.2 Å². The number of benzene rings is 3. The molecule has 0 saturated heterocycles. The molecule has 1 aliphatic rings. The largest absolute Gasteiger partial charge is 0.492 e. The van der Waals surface area contributed by atoms with Crippen LogP contribution in [0.15, 0.2) is 77.7 Å². The van der Waals surface area contributed by atoms with Crippen molar-refractivity contribution in [2.75, 3.05) is 17.5 Å². The van der Waals surface area contributed by atoms with Crippen LogP contribution in [-0.2, 0) is 26.2 Å². The van der Waals surface area contributed by atoms with Gasteiger partial charge in [0.2, 0.25) is 11.8 Å². The van der Waals surface area contributed by atoms with Crippen molar-refractivity contribution in [1.29, 1.82) is 0 Å². The van der Waals surface area contributed by atoms with Crippen LogP contribution in [0.25, 0.3) is 0 Å². The van der Waals surface area contributed by atoms with Crippen LogP contribution in [0.1, 0.15) is 51.5 Å². The van der Waals surface area contributed by atoms with E-state index in [0.29, 0.717) is 5.02 Å². The number of anilines is 1. The zero-order valence-electron chi connectivity index (χ0n) is 24.3. The number of carbonyl (C=O) groups excluding carboxylic acids is 2. The van der Waals surface area contributed by atoms with Crippen molar-refractivity contribution in [3.8, 4) is 5.75 Å². The van der Waals surface area contributed by atoms with E-state index in [2.05, 4.69) is 5.32 Å². The van der Waals surface area contributed by atoms with Crippen molar-refractivity contribution in [1.82, 2.24) is 10.2 Å². The number of carbonyl (C=O) groups is 2. The maximum absolute atomic E-state index is 14.8. The molecule has 0 aliphatic heterocycles. The highest BCUT2D eigenvalue weighted by Gasteiger charge is 2.34. The molecule has 0 bridgehead atoms. The summed E-state index contributed by atoms with van der Waals surface area (Å²) in [6, 6.07) is 17.1. The van der Waals surface area contributed by atoms with Crippen molar-refractivity contribution in [2.24, 2.45) is 0 Å². The van der Waals surface area contributed by atoms with E-state index in [9.17, 15) is 22.4 Å². The summed E-state index contributed by atoms with van der Waals surface area (Å²) in [5.74, 6) is -1.33. The number of para-hydroxylation sites is 2. The van der Waals surface area contributed by atoms with Gasteiger partial charge in [0.15, 0.2) is 0 Å². The maximum atomic E-state index is 14.8. The Labute approximate surface area is 257 Å². The van der Waals surface area contributed by atoms with Gasteiger partial charge >= 0.3 is 0 Å². The predicted octanol–water partition coefficient (Wildman–Crippen LogP) is 5.94. The minimum atomic E-state index is -4.32. The highest BCUT2D eigenvalue weighted by atomic mass is 35.5. The molecule has 1 atom stereocenters. The standard InChI is InChI=1S/C32H37ClFN3O5S/c1-3-42-30-16-10-9-15-29(30)37(43(40,41)27-19-17-25(33)18-20-27)22-31(38)36(21-24-11-7-8-14-28(24)34)23(2)32(39)35-26-12-5-4-6-13-26/h7-11,14-20,23,26H,3-6,12-13,21-22H2,1-2H3,(H,35,39)/t23-/m1/s1. The lowest BCUT2D eigenvalue weighted by molar-refractivity contribution is -0.139. The normalized spacial score (nSPS) is 14.5. The molecular weight excluding hydrogens is 593 g/mol. The molecule has 0 heterocycles. The number of ether oxygens (including phenoxy) is 1. The second kappa shape index (κ2) is 14.7. The minimum Gasteiger partial charge on any atom is -0.492 e. The molecule has 230 valence electrons. The average Bonchev–Trinajstić information content (AvgIpc) is 3.00. The van der Waals surface area contributed by atoms with Crippen LogP contribution in [0, 0.1) is 5.82 Å². The zero-order chi connectivity index (χ0) is 31.0. The highest BCUT2D eigenvalue weighted by Crippen LogP contribution is 2.33. The topological polar surface area (TPSA) is 96.0 Å². The Morgan fingerprint density at radius 2 is 1.65 bits per heavy atom. The Balaban J connectivity index is 1.72. The molecule has 0 unspecified atom stereocenters. The summed E-state index contributed by atoms with van der Waals surface area (Å²) in [5, 5.41) is 3.39. The van der Waals surface area contributed by atoms with Crippen LogP contribution >= 0.6 is 11.6 Å². The summed E-state index contributed by atoms with van der Waals surface area (Å²) in [6.07, 6.45) is 4.82. The minimum absolute atomic E-state index is 0.00559. The van der Waals surface area contributed by atoms with E-state index < -0.39 is 34.3 Å². The van der Waals surface area contributed by atoms with E-state index in [-0.39, 0.29) is 47.0 Å². The first kappa shape index (κ1) is 32.3. The van der Waals surface area contributed by atoms with Crippen molar-refractivity contribution in [2.45, 2.75) is 69.5 Å². The Morgan fingerprint density at radius 3 is 2.33 bits per heavy atom. The first-order valence-electron chi connectivity index (χ1n) is 14.4. The fourth-order valence-corrected chi connectivity index (χ4v) is 6.70. The molecule has 3 aromatic rings. The second-order valence-electron chi connectivity index (χ2n) is 10.5. The van der Waals surface area contributed by atoms with Gasteiger partial charge < -0.3 is 15.0 Å². The van der Waals surface area contributed by atoms with Gasteiger partial charge in [0.1, 0.15) is 24.2 Å². The third kappa shape index (κ3) is 8.06. The van der Waals surface area contributed by atoms with Crippen LogP contribution in [0.4, 0.5) is 10.1 Å². The van der Waals surface area contributed by atoms with Gasteiger partial charge in [-0.1, -0.05) is 61.2 Å². The number of nitrogens with one attached hydrogen (secondary N) is 1. The van der Waals surface area contributed by atoms with Gasteiger partial charge in [0.05, 0.1) is 17.2 Å². The number of amides is 2. The highest BCUT2D eigenvalue weighted by molar-refractivity contribution is 7.92. The lowest BCUT2D eigenvalue weighted by Crippen LogP contribution is -2.53. The van der Waals surface area contributed by atoms with Crippen molar-refractivity contribution < 1.29 is 27.1 Å². The third-order valence-corrected chi connectivity index (χ3v) is 9.56. The van der Waals surface area contributed by atoms with Crippen molar-refractivity contribution in [3.63, 3.8) is 0 Å². The molecule has 2 amide bonds. The Bertz CT molecular complexity index is 1510. The van der Waals surface area contributed by atoms with Crippen molar-refractivity contribution >= 4 is 39.1 Å². The van der Waals surface area contributed by atoms with Gasteiger partial charge in [0.25, 0.3) is 10.0 Å². The Kier molecular flexibility index (Phi) is 11.0. The van der Waals surface area contributed by atoms with Gasteiger partial charge in [0, 0.05) is 23.2 Å². The van der Waals surface area contributed by atoms with E-state index in [1.54, 1.807) is 44.2 Å². The monoisotopic (exact) mass is 629 g/mol. The van der Waals surface area contributed by atoms with Gasteiger partial charge in [-0.15, -0.1) is 0 Å². The fourth-order valence-electron chi connectivity index (χ4n) is 5.15. The molecule has 0 spiro atoms. The summed E-state index contributed by atoms with van der Waals surface area (Å²) in [4.78, 5) is 28.7. The Hall–Kier alpha value is -3.63. The van der Waals surface area contributed by atoms with E-state index in [0.717, 1.165) is 36.4 Å². The molecule has 0 aromatic heterocycles. The number of rotatable bonds is 12. The molecule has 4 rings (SSSR count). The van der Waals surface area contributed by atoms with Gasteiger partial charge in [-0.3, -0.25) is 13.9 Å². The molecule has 3 aromatic carbocycles. The average molecular weight is 630 g/mol. The molecule has 43 heavy (non-hydrogen) atoms. The summed E-state index contributed by atoms with van der Waals surface area (Å²) in [5.41, 5.74) is 0.354. The van der Waals surface area contributed by atoms with Gasteiger partial charge in [-0.2, -0.15) is 0 Å². The predicted molar refractivity (Wildman–Crippen MR) is 165 cm³/mol. The van der Waals surface area contributed by atoms with E-state index >= 15 is 0 Å². The summed E-state index contributed by atoms with van der Waals surface area (Å²) >= 11 is 6.02.